The highest BCUT2D eigenvalue weighted by Crippen LogP contribution is 2.35. The SMILES string of the molecule is CN1CC(c2ccc(NC(=O)c3csc(-c4c(-c5ccc(F)cc5)nc5n4CCNC5)n3)nc2)C1. The molecule has 0 unspecified atom stereocenters. The van der Waals surface area contributed by atoms with Gasteiger partial charge in [0.1, 0.15) is 33.9 Å². The van der Waals surface area contributed by atoms with E-state index >= 15 is 0 Å². The van der Waals surface area contributed by atoms with Crippen LogP contribution < -0.4 is 10.6 Å². The van der Waals surface area contributed by atoms with Gasteiger partial charge in [0.05, 0.1) is 12.2 Å². The van der Waals surface area contributed by atoms with Gasteiger partial charge >= 0.3 is 0 Å². The average molecular weight is 490 g/mol. The molecule has 3 aromatic heterocycles. The van der Waals surface area contributed by atoms with Gasteiger partial charge in [0.25, 0.3) is 5.91 Å². The van der Waals surface area contributed by atoms with E-state index in [1.807, 2.05) is 18.3 Å². The van der Waals surface area contributed by atoms with Gasteiger partial charge in [-0.25, -0.2) is 19.3 Å². The monoisotopic (exact) mass is 489 g/mol. The molecule has 1 fully saturated rings. The van der Waals surface area contributed by atoms with Crippen LogP contribution in [0.4, 0.5) is 10.2 Å². The number of imidazole rings is 1. The molecular formula is C25H24FN7OS. The van der Waals surface area contributed by atoms with Gasteiger partial charge in [0, 0.05) is 49.2 Å². The number of halogens is 1. The maximum Gasteiger partial charge on any atom is 0.276 e. The van der Waals surface area contributed by atoms with Gasteiger partial charge in [-0.05, 0) is 42.9 Å². The normalized spacial score (nSPS) is 16.1. The fourth-order valence-electron chi connectivity index (χ4n) is 4.59. The van der Waals surface area contributed by atoms with Gasteiger partial charge in [-0.1, -0.05) is 6.07 Å². The van der Waals surface area contributed by atoms with Crippen LogP contribution in [0.3, 0.4) is 0 Å². The zero-order valence-corrected chi connectivity index (χ0v) is 20.0. The quantitative estimate of drug-likeness (QED) is 0.446. The summed E-state index contributed by atoms with van der Waals surface area (Å²) in [4.78, 5) is 29.1. The van der Waals surface area contributed by atoms with Gasteiger partial charge in [-0.3, -0.25) is 4.79 Å². The van der Waals surface area contributed by atoms with Crippen LogP contribution in [-0.2, 0) is 13.1 Å². The Bertz CT molecular complexity index is 1370. The lowest BCUT2D eigenvalue weighted by molar-refractivity contribution is 0.102. The summed E-state index contributed by atoms with van der Waals surface area (Å²) in [5, 5.41) is 8.63. The number of fused-ring (bicyclic) bond motifs is 1. The highest BCUT2D eigenvalue weighted by molar-refractivity contribution is 7.13. The van der Waals surface area contributed by atoms with Crippen molar-refractivity contribution in [3.8, 4) is 22.0 Å². The van der Waals surface area contributed by atoms with Crippen molar-refractivity contribution in [2.75, 3.05) is 32.0 Å². The van der Waals surface area contributed by atoms with Crippen molar-refractivity contribution in [2.45, 2.75) is 19.0 Å². The molecule has 2 aliphatic heterocycles. The second kappa shape index (κ2) is 8.95. The number of nitrogens with zero attached hydrogens (tertiary/aromatic N) is 5. The lowest BCUT2D eigenvalue weighted by Gasteiger charge is -2.36. The van der Waals surface area contributed by atoms with Gasteiger partial charge in [0.2, 0.25) is 0 Å². The second-order valence-electron chi connectivity index (χ2n) is 8.95. The summed E-state index contributed by atoms with van der Waals surface area (Å²) >= 11 is 1.40. The number of nitrogens with one attached hydrogen (secondary N) is 2. The molecule has 10 heteroatoms. The van der Waals surface area contributed by atoms with Crippen molar-refractivity contribution >= 4 is 23.1 Å². The second-order valence-corrected chi connectivity index (χ2v) is 9.81. The smallest absolute Gasteiger partial charge is 0.276 e. The van der Waals surface area contributed by atoms with Crippen LogP contribution in [-0.4, -0.2) is 57.0 Å². The van der Waals surface area contributed by atoms with Crippen LogP contribution in [0.5, 0.6) is 0 Å². The molecule has 2 aliphatic rings. The highest BCUT2D eigenvalue weighted by Gasteiger charge is 2.26. The number of anilines is 1. The molecule has 0 aliphatic carbocycles. The summed E-state index contributed by atoms with van der Waals surface area (Å²) in [7, 11) is 2.10. The van der Waals surface area contributed by atoms with Crippen LogP contribution >= 0.6 is 11.3 Å². The number of carbonyl (C=O) groups is 1. The molecule has 0 bridgehead atoms. The molecule has 0 radical (unpaired) electrons. The van der Waals surface area contributed by atoms with Crippen molar-refractivity contribution in [1.82, 2.24) is 29.7 Å². The summed E-state index contributed by atoms with van der Waals surface area (Å²) in [6, 6.07) is 10.2. The van der Waals surface area contributed by atoms with Gasteiger partial charge in [-0.2, -0.15) is 0 Å². The van der Waals surface area contributed by atoms with Crippen LogP contribution in [0.25, 0.3) is 22.0 Å². The molecule has 35 heavy (non-hydrogen) atoms. The summed E-state index contributed by atoms with van der Waals surface area (Å²) in [5.41, 5.74) is 3.91. The number of pyridine rings is 1. The average Bonchev–Trinajstić information content (AvgIpc) is 3.48. The predicted molar refractivity (Wildman–Crippen MR) is 133 cm³/mol. The zero-order valence-electron chi connectivity index (χ0n) is 19.2. The summed E-state index contributed by atoms with van der Waals surface area (Å²) in [5.74, 6) is 1.30. The Morgan fingerprint density at radius 3 is 2.74 bits per heavy atom. The number of amides is 1. The fraction of sp³-hybridized carbons (Fsp3) is 0.280. The van der Waals surface area contributed by atoms with E-state index in [9.17, 15) is 9.18 Å². The number of thiazole rings is 1. The highest BCUT2D eigenvalue weighted by atomic mass is 32.1. The Balaban J connectivity index is 1.26. The van der Waals surface area contributed by atoms with Crippen LogP contribution in [0.1, 0.15) is 27.8 Å². The molecule has 178 valence electrons. The molecule has 1 amide bonds. The lowest BCUT2D eigenvalue weighted by atomic mass is 9.93. The van der Waals surface area contributed by atoms with E-state index in [2.05, 4.69) is 37.1 Å². The first-order chi connectivity index (χ1) is 17.0. The van der Waals surface area contributed by atoms with Gasteiger partial charge in [-0.15, -0.1) is 11.3 Å². The van der Waals surface area contributed by atoms with E-state index in [1.54, 1.807) is 17.5 Å². The summed E-state index contributed by atoms with van der Waals surface area (Å²) in [6.45, 7) is 4.27. The third kappa shape index (κ3) is 4.24. The maximum atomic E-state index is 13.5. The molecule has 8 nitrogen and oxygen atoms in total. The number of hydrogen-bond acceptors (Lipinski definition) is 7. The Kier molecular flexibility index (Phi) is 5.63. The van der Waals surface area contributed by atoms with E-state index in [1.165, 1.54) is 29.0 Å². The lowest BCUT2D eigenvalue weighted by Crippen LogP contribution is -2.41. The minimum Gasteiger partial charge on any atom is -0.323 e. The van der Waals surface area contributed by atoms with E-state index in [-0.39, 0.29) is 11.7 Å². The van der Waals surface area contributed by atoms with Crippen molar-refractivity contribution in [1.29, 1.82) is 0 Å². The maximum absolute atomic E-state index is 13.5. The zero-order chi connectivity index (χ0) is 23.9. The molecule has 0 spiro atoms. The molecule has 6 rings (SSSR count). The number of rotatable bonds is 5. The molecular weight excluding hydrogens is 465 g/mol. The molecule has 1 aromatic carbocycles. The summed E-state index contributed by atoms with van der Waals surface area (Å²) in [6.07, 6.45) is 1.83. The largest absolute Gasteiger partial charge is 0.323 e. The van der Waals surface area contributed by atoms with Crippen molar-refractivity contribution in [2.24, 2.45) is 0 Å². The molecule has 0 saturated carbocycles. The van der Waals surface area contributed by atoms with Crippen molar-refractivity contribution in [3.63, 3.8) is 0 Å². The molecule has 2 N–H and O–H groups in total. The number of likely N-dealkylation sites (tertiary alicyclic amines) is 1. The number of likely N-dealkylation sites (N-methyl/N-ethyl adjacent to an activating group) is 1. The minimum atomic E-state index is -0.306. The first-order valence-corrected chi connectivity index (χ1v) is 12.4. The van der Waals surface area contributed by atoms with Crippen molar-refractivity contribution < 1.29 is 9.18 Å². The number of benzene rings is 1. The van der Waals surface area contributed by atoms with Gasteiger partial charge < -0.3 is 20.1 Å². The predicted octanol–water partition coefficient (Wildman–Crippen LogP) is 3.59. The van der Waals surface area contributed by atoms with Crippen LogP contribution in [0.2, 0.25) is 0 Å². The van der Waals surface area contributed by atoms with E-state index < -0.39 is 0 Å². The molecule has 4 aromatic rings. The number of aromatic nitrogens is 4. The molecule has 0 atom stereocenters. The van der Waals surface area contributed by atoms with Gasteiger partial charge in [0.15, 0.2) is 0 Å². The standard InChI is InChI=1S/C25H24FN7OS/c1-32-12-17(13-32)16-4-7-20(28-10-16)30-24(34)19-14-35-25(29-19)23-22(15-2-5-18(26)6-3-15)31-21-11-27-8-9-33(21)23/h2-7,10,14,17,27H,8-9,11-13H2,1H3,(H,28,30,34). The summed E-state index contributed by atoms with van der Waals surface area (Å²) < 4.78 is 15.7. The molecule has 5 heterocycles. The Hall–Kier alpha value is -3.47. The van der Waals surface area contributed by atoms with Crippen LogP contribution in [0, 0.1) is 5.82 Å². The number of carbonyl (C=O) groups excluding carboxylic acids is 1. The number of hydrogen-bond donors (Lipinski definition) is 2. The molecule has 1 saturated heterocycles. The Morgan fingerprint density at radius 1 is 1.17 bits per heavy atom. The third-order valence-electron chi connectivity index (χ3n) is 6.46. The minimum absolute atomic E-state index is 0.296. The van der Waals surface area contributed by atoms with Crippen molar-refractivity contribution in [3.05, 3.63) is 70.9 Å². The van der Waals surface area contributed by atoms with E-state index in [4.69, 9.17) is 4.98 Å². The Morgan fingerprint density at radius 2 is 2.00 bits per heavy atom. The fourth-order valence-corrected chi connectivity index (χ4v) is 5.44. The topological polar surface area (TPSA) is 88.0 Å². The van der Waals surface area contributed by atoms with E-state index in [0.29, 0.717) is 29.0 Å². The third-order valence-corrected chi connectivity index (χ3v) is 7.31. The Labute approximate surface area is 205 Å². The first kappa shape index (κ1) is 22.0. The first-order valence-electron chi connectivity index (χ1n) is 11.5. The van der Waals surface area contributed by atoms with E-state index in [0.717, 1.165) is 49.0 Å². The van der Waals surface area contributed by atoms with Crippen LogP contribution in [0.15, 0.2) is 48.0 Å².